The van der Waals surface area contributed by atoms with Gasteiger partial charge in [-0.05, 0) is 54.1 Å². The van der Waals surface area contributed by atoms with Crippen LogP contribution in [0.1, 0.15) is 24.1 Å². The second kappa shape index (κ2) is 7.38. The van der Waals surface area contributed by atoms with Gasteiger partial charge in [-0.15, -0.1) is 0 Å². The number of fused-ring (bicyclic) bond motifs is 1. The molecule has 1 aliphatic rings. The fraction of sp³-hybridized carbons (Fsp3) is 0.381. The van der Waals surface area contributed by atoms with Gasteiger partial charge in [-0.3, -0.25) is 9.88 Å². The number of likely N-dealkylation sites (tertiary alicyclic amines) is 1. The van der Waals surface area contributed by atoms with E-state index in [0.29, 0.717) is 12.7 Å². The molecule has 1 aromatic carbocycles. The molecule has 0 radical (unpaired) electrons. The summed E-state index contributed by atoms with van der Waals surface area (Å²) in [6, 6.07) is 15.0. The quantitative estimate of drug-likeness (QED) is 0.711. The summed E-state index contributed by atoms with van der Waals surface area (Å²) in [5, 5.41) is 1.33. The second-order valence-corrected chi connectivity index (χ2v) is 6.93. The van der Waals surface area contributed by atoms with Crippen LogP contribution in [-0.4, -0.2) is 33.6 Å². The number of nitrogens with zero attached hydrogens (tertiary/aromatic N) is 3. The van der Waals surface area contributed by atoms with E-state index in [1.165, 1.54) is 16.5 Å². The Morgan fingerprint density at radius 1 is 1.12 bits per heavy atom. The number of hydrogen-bond acceptors (Lipinski definition) is 3. The summed E-state index contributed by atoms with van der Waals surface area (Å²) in [6.07, 6.45) is 6.50. The number of benzene rings is 1. The Morgan fingerprint density at radius 3 is 2.80 bits per heavy atom. The molecule has 0 unspecified atom stereocenters. The van der Waals surface area contributed by atoms with Crippen LogP contribution in [0.3, 0.4) is 0 Å². The molecule has 0 spiro atoms. The molecule has 0 amide bonds. The van der Waals surface area contributed by atoms with E-state index in [1.807, 2.05) is 24.4 Å². The smallest absolute Gasteiger partial charge is 0.0891 e. The summed E-state index contributed by atoms with van der Waals surface area (Å²) < 4.78 is 8.21. The number of piperidine rings is 1. The fourth-order valence-corrected chi connectivity index (χ4v) is 3.61. The molecule has 4 nitrogen and oxygen atoms in total. The Balaban J connectivity index is 1.28. The van der Waals surface area contributed by atoms with Gasteiger partial charge in [0, 0.05) is 44.6 Å². The van der Waals surface area contributed by atoms with Crippen molar-refractivity contribution < 1.29 is 4.74 Å². The first-order chi connectivity index (χ1) is 12.3. The minimum atomic E-state index is 0.356. The van der Waals surface area contributed by atoms with Gasteiger partial charge >= 0.3 is 0 Å². The second-order valence-electron chi connectivity index (χ2n) is 6.93. The lowest BCUT2D eigenvalue weighted by Crippen LogP contribution is -2.36. The lowest BCUT2D eigenvalue weighted by Gasteiger charge is -2.31. The maximum absolute atomic E-state index is 6.04. The molecule has 4 heteroatoms. The van der Waals surface area contributed by atoms with Crippen LogP contribution in [0.2, 0.25) is 0 Å². The molecule has 3 aromatic rings. The zero-order valence-electron chi connectivity index (χ0n) is 14.8. The summed E-state index contributed by atoms with van der Waals surface area (Å²) in [4.78, 5) is 6.86. The first kappa shape index (κ1) is 16.3. The normalized spacial score (nSPS) is 16.5. The topological polar surface area (TPSA) is 30.3 Å². The van der Waals surface area contributed by atoms with Crippen LogP contribution in [0.25, 0.3) is 10.9 Å². The van der Waals surface area contributed by atoms with Crippen molar-refractivity contribution in [1.29, 1.82) is 0 Å². The van der Waals surface area contributed by atoms with E-state index in [0.717, 1.165) is 38.2 Å². The fourth-order valence-electron chi connectivity index (χ4n) is 3.61. The van der Waals surface area contributed by atoms with E-state index in [4.69, 9.17) is 4.74 Å². The first-order valence-corrected chi connectivity index (χ1v) is 9.06. The number of aryl methyl sites for hydroxylation is 1. The zero-order chi connectivity index (χ0) is 17.1. The van der Waals surface area contributed by atoms with Crippen molar-refractivity contribution in [2.75, 3.05) is 13.1 Å². The lowest BCUT2D eigenvalue weighted by atomic mass is 10.1. The molecule has 0 aliphatic carbocycles. The van der Waals surface area contributed by atoms with Gasteiger partial charge in [0.1, 0.15) is 0 Å². The third kappa shape index (κ3) is 3.91. The zero-order valence-corrected chi connectivity index (χ0v) is 14.8. The van der Waals surface area contributed by atoms with Crippen molar-refractivity contribution in [3.63, 3.8) is 0 Å². The Hall–Kier alpha value is -2.17. The van der Waals surface area contributed by atoms with Gasteiger partial charge in [-0.2, -0.15) is 0 Å². The highest BCUT2D eigenvalue weighted by atomic mass is 16.5. The molecule has 25 heavy (non-hydrogen) atoms. The van der Waals surface area contributed by atoms with Gasteiger partial charge in [-0.1, -0.05) is 12.1 Å². The SMILES string of the molecule is Cn1ccc2cc(CN3CCC(OCc4ccccn4)CC3)ccc21. The summed E-state index contributed by atoms with van der Waals surface area (Å²) in [5.41, 5.74) is 3.71. The highest BCUT2D eigenvalue weighted by Gasteiger charge is 2.20. The van der Waals surface area contributed by atoms with Crippen molar-refractivity contribution in [1.82, 2.24) is 14.5 Å². The molecule has 1 fully saturated rings. The van der Waals surface area contributed by atoms with E-state index in [2.05, 4.69) is 52.0 Å². The van der Waals surface area contributed by atoms with Gasteiger partial charge in [0.15, 0.2) is 0 Å². The maximum Gasteiger partial charge on any atom is 0.0891 e. The third-order valence-corrected chi connectivity index (χ3v) is 5.08. The number of aromatic nitrogens is 2. The highest BCUT2D eigenvalue weighted by molar-refractivity contribution is 5.80. The minimum absolute atomic E-state index is 0.356. The van der Waals surface area contributed by atoms with Crippen molar-refractivity contribution in [2.24, 2.45) is 7.05 Å². The lowest BCUT2D eigenvalue weighted by molar-refractivity contribution is -0.00522. The van der Waals surface area contributed by atoms with Crippen molar-refractivity contribution in [3.8, 4) is 0 Å². The molecule has 130 valence electrons. The Labute approximate surface area is 149 Å². The van der Waals surface area contributed by atoms with Crippen LogP contribution in [0.4, 0.5) is 0 Å². The molecule has 1 aliphatic heterocycles. The molecule has 1 saturated heterocycles. The van der Waals surface area contributed by atoms with E-state index < -0.39 is 0 Å². The summed E-state index contributed by atoms with van der Waals surface area (Å²) in [6.45, 7) is 3.84. The van der Waals surface area contributed by atoms with Gasteiger partial charge in [0.2, 0.25) is 0 Å². The van der Waals surface area contributed by atoms with Crippen LogP contribution in [0, 0.1) is 0 Å². The molecule has 0 N–H and O–H groups in total. The van der Waals surface area contributed by atoms with Crippen LogP contribution in [0.5, 0.6) is 0 Å². The van der Waals surface area contributed by atoms with E-state index in [9.17, 15) is 0 Å². The number of pyridine rings is 1. The molecule has 0 atom stereocenters. The molecule has 0 saturated carbocycles. The molecule has 2 aromatic heterocycles. The molecular weight excluding hydrogens is 310 g/mol. The molecule has 3 heterocycles. The van der Waals surface area contributed by atoms with E-state index >= 15 is 0 Å². The van der Waals surface area contributed by atoms with Crippen molar-refractivity contribution in [3.05, 3.63) is 66.1 Å². The highest BCUT2D eigenvalue weighted by Crippen LogP contribution is 2.20. The van der Waals surface area contributed by atoms with Crippen LogP contribution in [0.15, 0.2) is 54.9 Å². The number of ether oxygens (including phenoxy) is 1. The first-order valence-electron chi connectivity index (χ1n) is 9.06. The van der Waals surface area contributed by atoms with Crippen molar-refractivity contribution in [2.45, 2.75) is 32.1 Å². The Morgan fingerprint density at radius 2 is 2.00 bits per heavy atom. The molecule has 4 rings (SSSR count). The standard InChI is InChI=1S/C21H25N3O/c1-23-11-7-18-14-17(5-6-21(18)23)15-24-12-8-20(9-13-24)25-16-19-4-2-3-10-22-19/h2-7,10-11,14,20H,8-9,12-13,15-16H2,1H3. The average Bonchev–Trinajstić information content (AvgIpc) is 3.02. The van der Waals surface area contributed by atoms with Crippen LogP contribution >= 0.6 is 0 Å². The summed E-state index contributed by atoms with van der Waals surface area (Å²) >= 11 is 0. The Bertz CT molecular complexity index is 820. The van der Waals surface area contributed by atoms with Crippen molar-refractivity contribution >= 4 is 10.9 Å². The predicted octanol–water partition coefficient (Wildman–Crippen LogP) is 3.75. The average molecular weight is 335 g/mol. The number of hydrogen-bond donors (Lipinski definition) is 0. The Kier molecular flexibility index (Phi) is 4.81. The van der Waals surface area contributed by atoms with Crippen LogP contribution < -0.4 is 0 Å². The van der Waals surface area contributed by atoms with Gasteiger partial charge in [-0.25, -0.2) is 0 Å². The number of rotatable bonds is 5. The summed E-state index contributed by atoms with van der Waals surface area (Å²) in [5.74, 6) is 0. The largest absolute Gasteiger partial charge is 0.372 e. The summed E-state index contributed by atoms with van der Waals surface area (Å²) in [7, 11) is 2.09. The third-order valence-electron chi connectivity index (χ3n) is 5.08. The van der Waals surface area contributed by atoms with E-state index in [-0.39, 0.29) is 0 Å². The van der Waals surface area contributed by atoms with Crippen LogP contribution in [-0.2, 0) is 24.9 Å². The maximum atomic E-state index is 6.04. The predicted molar refractivity (Wildman–Crippen MR) is 100 cm³/mol. The minimum Gasteiger partial charge on any atom is -0.372 e. The molecular formula is C21H25N3O. The van der Waals surface area contributed by atoms with Gasteiger partial charge < -0.3 is 9.30 Å². The van der Waals surface area contributed by atoms with Gasteiger partial charge in [0.25, 0.3) is 0 Å². The monoisotopic (exact) mass is 335 g/mol. The van der Waals surface area contributed by atoms with Gasteiger partial charge in [0.05, 0.1) is 18.4 Å². The molecule has 0 bridgehead atoms. The van der Waals surface area contributed by atoms with E-state index in [1.54, 1.807) is 0 Å².